The lowest BCUT2D eigenvalue weighted by atomic mass is 10.1. The normalized spacial score (nSPS) is 13.2. The lowest BCUT2D eigenvalue weighted by Crippen LogP contribution is -2.24. The number of carbonyl (C=O) groups excluding carboxylic acids is 3. The van der Waals surface area contributed by atoms with E-state index in [0.717, 1.165) is 9.80 Å². The summed E-state index contributed by atoms with van der Waals surface area (Å²) in [5.41, 5.74) is 1.66. The Hall–Kier alpha value is -2.60. The van der Waals surface area contributed by atoms with Gasteiger partial charge in [-0.1, -0.05) is 12.1 Å². The van der Waals surface area contributed by atoms with Gasteiger partial charge in [0.25, 0.3) is 17.7 Å². The molecule has 0 atom stereocenters. The number of benzene rings is 2. The maximum atomic E-state index is 12.4. The molecule has 0 aliphatic carbocycles. The Kier molecular flexibility index (Phi) is 3.92. The molecule has 23 heavy (non-hydrogen) atoms. The summed E-state index contributed by atoms with van der Waals surface area (Å²) in [5.74, 6) is -1.04. The first-order valence-electron chi connectivity index (χ1n) is 6.93. The Morgan fingerprint density at radius 3 is 2.48 bits per heavy atom. The standard InChI is InChI=1S/C17H14N2O3S/c1-19-16(21)11-8-7-10(9-12(11)17(19)22)15(20)18-13-5-3-4-6-14(13)23-2/h3-9H,1-2H3,(H,18,20). The van der Waals surface area contributed by atoms with E-state index in [-0.39, 0.29) is 23.3 Å². The van der Waals surface area contributed by atoms with Crippen LogP contribution < -0.4 is 5.32 Å². The van der Waals surface area contributed by atoms with Gasteiger partial charge < -0.3 is 5.32 Å². The third-order valence-corrected chi connectivity index (χ3v) is 4.50. The minimum Gasteiger partial charge on any atom is -0.321 e. The summed E-state index contributed by atoms with van der Waals surface area (Å²) in [7, 11) is 1.43. The van der Waals surface area contributed by atoms with E-state index >= 15 is 0 Å². The molecular weight excluding hydrogens is 312 g/mol. The zero-order valence-corrected chi connectivity index (χ0v) is 13.4. The molecule has 0 aromatic heterocycles. The van der Waals surface area contributed by atoms with Crippen molar-refractivity contribution in [2.45, 2.75) is 4.90 Å². The molecule has 3 amide bonds. The van der Waals surface area contributed by atoms with E-state index < -0.39 is 0 Å². The van der Waals surface area contributed by atoms with Crippen molar-refractivity contribution in [1.29, 1.82) is 0 Å². The number of hydrogen-bond donors (Lipinski definition) is 1. The lowest BCUT2D eigenvalue weighted by Gasteiger charge is -2.09. The molecule has 0 saturated heterocycles. The Labute approximate surface area is 137 Å². The van der Waals surface area contributed by atoms with Crippen molar-refractivity contribution in [1.82, 2.24) is 4.90 Å². The molecule has 0 saturated carbocycles. The molecule has 3 rings (SSSR count). The Morgan fingerprint density at radius 2 is 1.74 bits per heavy atom. The van der Waals surface area contributed by atoms with E-state index in [1.54, 1.807) is 6.07 Å². The Morgan fingerprint density at radius 1 is 1.04 bits per heavy atom. The van der Waals surface area contributed by atoms with Crippen molar-refractivity contribution >= 4 is 35.2 Å². The molecule has 0 spiro atoms. The summed E-state index contributed by atoms with van der Waals surface area (Å²) in [6.45, 7) is 0. The van der Waals surface area contributed by atoms with Crippen LogP contribution in [-0.2, 0) is 0 Å². The number of thioether (sulfide) groups is 1. The van der Waals surface area contributed by atoms with Crippen LogP contribution in [0.15, 0.2) is 47.4 Å². The fourth-order valence-corrected chi connectivity index (χ4v) is 3.00. The Balaban J connectivity index is 1.90. The fourth-order valence-electron chi connectivity index (χ4n) is 2.44. The number of nitrogens with zero attached hydrogens (tertiary/aromatic N) is 1. The molecule has 1 aliphatic heterocycles. The molecule has 6 heteroatoms. The predicted molar refractivity (Wildman–Crippen MR) is 89.0 cm³/mol. The fraction of sp³-hybridized carbons (Fsp3) is 0.118. The number of imide groups is 1. The SMILES string of the molecule is CSc1ccccc1NC(=O)c1ccc2c(c1)C(=O)N(C)C2=O. The predicted octanol–water partition coefficient (Wildman–Crippen LogP) is 2.89. The van der Waals surface area contributed by atoms with E-state index in [1.165, 1.54) is 30.9 Å². The second-order valence-electron chi connectivity index (χ2n) is 5.08. The molecule has 5 nitrogen and oxygen atoms in total. The zero-order valence-electron chi connectivity index (χ0n) is 12.6. The average Bonchev–Trinajstić information content (AvgIpc) is 2.79. The number of para-hydroxylation sites is 1. The van der Waals surface area contributed by atoms with Gasteiger partial charge in [0.2, 0.25) is 0 Å². The third-order valence-electron chi connectivity index (χ3n) is 3.71. The van der Waals surface area contributed by atoms with Crippen LogP contribution in [0.2, 0.25) is 0 Å². The molecule has 116 valence electrons. The topological polar surface area (TPSA) is 66.5 Å². The number of hydrogen-bond acceptors (Lipinski definition) is 4. The molecule has 1 aliphatic rings. The van der Waals surface area contributed by atoms with Crippen molar-refractivity contribution in [3.63, 3.8) is 0 Å². The molecule has 1 N–H and O–H groups in total. The minimum atomic E-state index is -0.385. The highest BCUT2D eigenvalue weighted by Gasteiger charge is 2.33. The van der Waals surface area contributed by atoms with Gasteiger partial charge in [0.05, 0.1) is 16.8 Å². The van der Waals surface area contributed by atoms with E-state index in [2.05, 4.69) is 5.32 Å². The van der Waals surface area contributed by atoms with Crippen molar-refractivity contribution < 1.29 is 14.4 Å². The highest BCUT2D eigenvalue weighted by molar-refractivity contribution is 7.98. The number of carbonyl (C=O) groups is 3. The van der Waals surface area contributed by atoms with Crippen LogP contribution in [0, 0.1) is 0 Å². The van der Waals surface area contributed by atoms with Crippen LogP contribution in [0.5, 0.6) is 0 Å². The van der Waals surface area contributed by atoms with Crippen molar-refractivity contribution in [2.75, 3.05) is 18.6 Å². The van der Waals surface area contributed by atoms with E-state index in [9.17, 15) is 14.4 Å². The first-order valence-corrected chi connectivity index (χ1v) is 8.16. The largest absolute Gasteiger partial charge is 0.321 e. The van der Waals surface area contributed by atoms with Gasteiger partial charge in [0.1, 0.15) is 0 Å². The summed E-state index contributed by atoms with van der Waals surface area (Å²) in [6.07, 6.45) is 1.93. The van der Waals surface area contributed by atoms with Crippen molar-refractivity contribution in [2.24, 2.45) is 0 Å². The monoisotopic (exact) mass is 326 g/mol. The minimum absolute atomic E-state index is 0.267. The van der Waals surface area contributed by atoms with Crippen LogP contribution in [-0.4, -0.2) is 35.9 Å². The first-order chi connectivity index (χ1) is 11.0. The van der Waals surface area contributed by atoms with Crippen LogP contribution in [0.4, 0.5) is 5.69 Å². The van der Waals surface area contributed by atoms with Gasteiger partial charge in [-0.3, -0.25) is 19.3 Å². The summed E-state index contributed by atoms with van der Waals surface area (Å²) >= 11 is 1.53. The number of rotatable bonds is 3. The number of anilines is 1. The van der Waals surface area contributed by atoms with E-state index in [1.807, 2.05) is 30.5 Å². The van der Waals surface area contributed by atoms with Crippen molar-refractivity contribution in [3.8, 4) is 0 Å². The number of amides is 3. The van der Waals surface area contributed by atoms with Gasteiger partial charge in [-0.25, -0.2) is 0 Å². The van der Waals surface area contributed by atoms with Gasteiger partial charge >= 0.3 is 0 Å². The first kappa shape index (κ1) is 15.3. The second-order valence-corrected chi connectivity index (χ2v) is 5.93. The van der Waals surface area contributed by atoms with Gasteiger partial charge in [0, 0.05) is 17.5 Å². The molecular formula is C17H14N2O3S. The third kappa shape index (κ3) is 2.61. The molecule has 0 bridgehead atoms. The van der Waals surface area contributed by atoms with E-state index in [0.29, 0.717) is 16.8 Å². The van der Waals surface area contributed by atoms with Gasteiger partial charge in [-0.15, -0.1) is 11.8 Å². The van der Waals surface area contributed by atoms with Crippen LogP contribution in [0.1, 0.15) is 31.1 Å². The lowest BCUT2D eigenvalue weighted by molar-refractivity contribution is 0.0693. The molecule has 2 aromatic rings. The molecule has 1 heterocycles. The summed E-state index contributed by atoms with van der Waals surface area (Å²) < 4.78 is 0. The van der Waals surface area contributed by atoms with Crippen LogP contribution in [0.25, 0.3) is 0 Å². The highest BCUT2D eigenvalue weighted by atomic mass is 32.2. The van der Waals surface area contributed by atoms with Gasteiger partial charge in [0.15, 0.2) is 0 Å². The van der Waals surface area contributed by atoms with Crippen LogP contribution in [0.3, 0.4) is 0 Å². The van der Waals surface area contributed by atoms with Crippen molar-refractivity contribution in [3.05, 3.63) is 59.2 Å². The molecule has 0 radical (unpaired) electrons. The molecule has 2 aromatic carbocycles. The number of fused-ring (bicyclic) bond motifs is 1. The average molecular weight is 326 g/mol. The maximum absolute atomic E-state index is 12.4. The maximum Gasteiger partial charge on any atom is 0.261 e. The van der Waals surface area contributed by atoms with Gasteiger partial charge in [-0.05, 0) is 36.6 Å². The summed E-state index contributed by atoms with van der Waals surface area (Å²) in [4.78, 5) is 38.3. The smallest absolute Gasteiger partial charge is 0.261 e. The van der Waals surface area contributed by atoms with Crippen LogP contribution >= 0.6 is 11.8 Å². The Bertz CT molecular complexity index is 832. The number of nitrogens with one attached hydrogen (secondary N) is 1. The highest BCUT2D eigenvalue weighted by Crippen LogP contribution is 2.26. The summed E-state index contributed by atoms with van der Waals surface area (Å²) in [5, 5.41) is 2.84. The second kappa shape index (κ2) is 5.89. The van der Waals surface area contributed by atoms with E-state index in [4.69, 9.17) is 0 Å². The molecule has 0 fully saturated rings. The quantitative estimate of drug-likeness (QED) is 0.696. The zero-order chi connectivity index (χ0) is 16.6. The molecule has 0 unspecified atom stereocenters. The summed E-state index contributed by atoms with van der Waals surface area (Å²) in [6, 6.07) is 12.0. The van der Waals surface area contributed by atoms with Gasteiger partial charge in [-0.2, -0.15) is 0 Å².